The minimum Gasteiger partial charge on any atom is -0.361 e. The maximum atomic E-state index is 12.6. The molecule has 2 saturated heterocycles. The van der Waals surface area contributed by atoms with Gasteiger partial charge in [0.1, 0.15) is 6.10 Å². The number of piperidine rings is 1. The van der Waals surface area contributed by atoms with E-state index < -0.39 is 6.10 Å². The maximum absolute atomic E-state index is 12.6. The lowest BCUT2D eigenvalue weighted by atomic mass is 9.87. The van der Waals surface area contributed by atoms with Crippen molar-refractivity contribution in [2.45, 2.75) is 50.5 Å². The summed E-state index contributed by atoms with van der Waals surface area (Å²) in [6, 6.07) is 9.71. The largest absolute Gasteiger partial charge is 0.361 e. The van der Waals surface area contributed by atoms with Crippen molar-refractivity contribution in [2.75, 3.05) is 6.54 Å². The molecule has 0 spiro atoms. The molecule has 2 fully saturated rings. The average molecular weight is 302 g/mol. The molecule has 0 bridgehead atoms. The quantitative estimate of drug-likeness (QED) is 0.856. The molecular formula is C17H22N2O3. The van der Waals surface area contributed by atoms with Crippen LogP contribution in [0.3, 0.4) is 0 Å². The van der Waals surface area contributed by atoms with Crippen LogP contribution in [0, 0.1) is 0 Å². The normalized spacial score (nSPS) is 30.6. The number of carbonyl (C=O) groups excluding carboxylic acids is 2. The molecule has 0 aliphatic carbocycles. The number of amides is 2. The van der Waals surface area contributed by atoms with Crippen LogP contribution >= 0.6 is 0 Å². The third-order valence-corrected chi connectivity index (χ3v) is 4.72. The van der Waals surface area contributed by atoms with E-state index in [0.29, 0.717) is 12.8 Å². The Morgan fingerprint density at radius 3 is 2.91 bits per heavy atom. The van der Waals surface area contributed by atoms with Crippen molar-refractivity contribution in [1.29, 1.82) is 0 Å². The van der Waals surface area contributed by atoms with Gasteiger partial charge in [0.2, 0.25) is 6.41 Å². The van der Waals surface area contributed by atoms with Gasteiger partial charge in [0.25, 0.3) is 5.91 Å². The fraction of sp³-hybridized carbons (Fsp3) is 0.529. The zero-order valence-corrected chi connectivity index (χ0v) is 12.8. The van der Waals surface area contributed by atoms with E-state index in [-0.39, 0.29) is 24.1 Å². The molecule has 0 radical (unpaired) electrons. The molecule has 5 heteroatoms. The summed E-state index contributed by atoms with van der Waals surface area (Å²) < 4.78 is 6.02. The fourth-order valence-electron chi connectivity index (χ4n) is 3.45. The smallest absolute Gasteiger partial charge is 0.258 e. The SMILES string of the molecule is CC12CCCNC1CC(C(=O)N(C=O)Cc1ccccc1)O2. The average Bonchev–Trinajstić information content (AvgIpc) is 2.90. The second-order valence-corrected chi connectivity index (χ2v) is 6.32. The fourth-order valence-corrected chi connectivity index (χ4v) is 3.45. The van der Waals surface area contributed by atoms with Crippen LogP contribution in [0.2, 0.25) is 0 Å². The third kappa shape index (κ3) is 2.91. The van der Waals surface area contributed by atoms with Crippen molar-refractivity contribution in [3.63, 3.8) is 0 Å². The Bertz CT molecular complexity index is 548. The summed E-state index contributed by atoms with van der Waals surface area (Å²) in [5.41, 5.74) is 0.641. The van der Waals surface area contributed by atoms with Gasteiger partial charge in [0.05, 0.1) is 12.1 Å². The Morgan fingerprint density at radius 1 is 1.45 bits per heavy atom. The Labute approximate surface area is 130 Å². The first-order valence-electron chi connectivity index (χ1n) is 7.83. The lowest BCUT2D eigenvalue weighted by molar-refractivity contribution is -0.152. The number of ether oxygens (including phenoxy) is 1. The van der Waals surface area contributed by atoms with Gasteiger partial charge in [-0.25, -0.2) is 0 Å². The number of imide groups is 1. The molecule has 2 amide bonds. The molecule has 0 saturated carbocycles. The Balaban J connectivity index is 1.68. The number of rotatable bonds is 4. The van der Waals surface area contributed by atoms with Gasteiger partial charge >= 0.3 is 0 Å². The first-order chi connectivity index (χ1) is 10.6. The summed E-state index contributed by atoms with van der Waals surface area (Å²) in [4.78, 5) is 25.2. The summed E-state index contributed by atoms with van der Waals surface area (Å²) in [5, 5.41) is 3.43. The van der Waals surface area contributed by atoms with Crippen molar-refractivity contribution in [3.8, 4) is 0 Å². The zero-order chi connectivity index (χ0) is 15.6. The number of nitrogens with one attached hydrogen (secondary N) is 1. The monoisotopic (exact) mass is 302 g/mol. The molecule has 1 N–H and O–H groups in total. The summed E-state index contributed by atoms with van der Waals surface area (Å²) in [5.74, 6) is -0.240. The van der Waals surface area contributed by atoms with E-state index in [4.69, 9.17) is 4.74 Å². The Kier molecular flexibility index (Phi) is 4.27. The van der Waals surface area contributed by atoms with Gasteiger partial charge in [-0.1, -0.05) is 30.3 Å². The molecule has 1 aromatic carbocycles. The second kappa shape index (κ2) is 6.18. The van der Waals surface area contributed by atoms with Gasteiger partial charge in [-0.05, 0) is 31.9 Å². The van der Waals surface area contributed by atoms with Crippen LogP contribution < -0.4 is 5.32 Å². The van der Waals surface area contributed by atoms with Gasteiger partial charge in [-0.15, -0.1) is 0 Å². The highest BCUT2D eigenvalue weighted by atomic mass is 16.5. The van der Waals surface area contributed by atoms with Crippen molar-refractivity contribution in [2.24, 2.45) is 0 Å². The number of benzene rings is 1. The summed E-state index contributed by atoms with van der Waals surface area (Å²) in [6.45, 7) is 3.31. The first-order valence-corrected chi connectivity index (χ1v) is 7.83. The van der Waals surface area contributed by atoms with E-state index in [1.807, 2.05) is 30.3 Å². The van der Waals surface area contributed by atoms with Gasteiger partial charge in [0, 0.05) is 12.5 Å². The summed E-state index contributed by atoms with van der Waals surface area (Å²) in [7, 11) is 0. The van der Waals surface area contributed by atoms with Gasteiger partial charge in [0.15, 0.2) is 0 Å². The van der Waals surface area contributed by atoms with Gasteiger partial charge in [-0.3, -0.25) is 14.5 Å². The minimum absolute atomic E-state index is 0.195. The van der Waals surface area contributed by atoms with Crippen LogP contribution in [0.4, 0.5) is 0 Å². The van der Waals surface area contributed by atoms with Crippen LogP contribution in [0.5, 0.6) is 0 Å². The Morgan fingerprint density at radius 2 is 2.23 bits per heavy atom. The van der Waals surface area contributed by atoms with Crippen LogP contribution in [-0.4, -0.2) is 41.5 Å². The number of nitrogens with zero attached hydrogens (tertiary/aromatic N) is 1. The molecule has 2 aliphatic heterocycles. The number of hydrogen-bond donors (Lipinski definition) is 1. The highest BCUT2D eigenvalue weighted by Crippen LogP contribution is 2.37. The third-order valence-electron chi connectivity index (χ3n) is 4.72. The van der Waals surface area contributed by atoms with E-state index >= 15 is 0 Å². The van der Waals surface area contributed by atoms with Crippen molar-refractivity contribution >= 4 is 12.3 Å². The number of hydrogen-bond acceptors (Lipinski definition) is 4. The molecule has 3 atom stereocenters. The number of carbonyl (C=O) groups is 2. The molecule has 5 nitrogen and oxygen atoms in total. The topological polar surface area (TPSA) is 58.6 Å². The van der Waals surface area contributed by atoms with Crippen molar-refractivity contribution < 1.29 is 14.3 Å². The summed E-state index contributed by atoms with van der Waals surface area (Å²) in [6.07, 6.45) is 2.71. The highest BCUT2D eigenvalue weighted by molar-refractivity contribution is 5.89. The predicted molar refractivity (Wildman–Crippen MR) is 82.0 cm³/mol. The molecule has 2 heterocycles. The Hall–Kier alpha value is -1.72. The second-order valence-electron chi connectivity index (χ2n) is 6.32. The zero-order valence-electron chi connectivity index (χ0n) is 12.8. The van der Waals surface area contributed by atoms with Crippen LogP contribution in [0.25, 0.3) is 0 Å². The standard InChI is InChI=1S/C17H22N2O3/c1-17-8-5-9-18-15(17)10-14(22-17)16(21)19(12-20)11-13-6-3-2-4-7-13/h2-4,6-7,12,14-15,18H,5,8-11H2,1H3. The van der Waals surface area contributed by atoms with Crippen LogP contribution in [0.15, 0.2) is 30.3 Å². The summed E-state index contributed by atoms with van der Waals surface area (Å²) >= 11 is 0. The van der Waals surface area contributed by atoms with Crippen molar-refractivity contribution in [3.05, 3.63) is 35.9 Å². The van der Waals surface area contributed by atoms with Crippen molar-refractivity contribution in [1.82, 2.24) is 10.2 Å². The molecule has 0 aromatic heterocycles. The predicted octanol–water partition coefficient (Wildman–Crippen LogP) is 1.47. The lowest BCUT2D eigenvalue weighted by Gasteiger charge is -2.35. The van der Waals surface area contributed by atoms with Gasteiger partial charge < -0.3 is 10.1 Å². The van der Waals surface area contributed by atoms with E-state index in [1.54, 1.807) is 0 Å². The molecule has 1 aromatic rings. The van der Waals surface area contributed by atoms with E-state index in [9.17, 15) is 9.59 Å². The van der Waals surface area contributed by atoms with E-state index in [0.717, 1.165) is 24.9 Å². The molecule has 3 unspecified atom stereocenters. The van der Waals surface area contributed by atoms with Crippen LogP contribution in [0.1, 0.15) is 31.7 Å². The van der Waals surface area contributed by atoms with Crippen LogP contribution in [-0.2, 0) is 20.9 Å². The molecule has 118 valence electrons. The highest BCUT2D eigenvalue weighted by Gasteiger charge is 2.49. The molecule has 22 heavy (non-hydrogen) atoms. The van der Waals surface area contributed by atoms with Gasteiger partial charge in [-0.2, -0.15) is 0 Å². The molecule has 2 aliphatic rings. The minimum atomic E-state index is -0.533. The first kappa shape index (κ1) is 15.2. The van der Waals surface area contributed by atoms with E-state index in [2.05, 4.69) is 12.2 Å². The number of fused-ring (bicyclic) bond motifs is 1. The maximum Gasteiger partial charge on any atom is 0.258 e. The lowest BCUT2D eigenvalue weighted by Crippen LogP contribution is -2.50. The van der Waals surface area contributed by atoms with E-state index in [1.165, 1.54) is 4.90 Å². The molecule has 3 rings (SSSR count). The molecular weight excluding hydrogens is 280 g/mol.